The Morgan fingerprint density at radius 2 is 1.92 bits per heavy atom. The predicted octanol–water partition coefficient (Wildman–Crippen LogP) is 0.438. The fraction of sp³-hybridized carbons (Fsp3) is 0.250. The fourth-order valence-electron chi connectivity index (χ4n) is 2.97. The number of nitrogens with zero attached hydrogens (tertiary/aromatic N) is 6. The SMILES string of the molecule is Cc1cccn2cc(Cn3cnc4c3c(=O)n(C)c(=O)n4C)nc12. The summed E-state index contributed by atoms with van der Waals surface area (Å²) in [4.78, 5) is 33.3. The summed E-state index contributed by atoms with van der Waals surface area (Å²) in [6.45, 7) is 2.41. The smallest absolute Gasteiger partial charge is 0.319 e. The quantitative estimate of drug-likeness (QED) is 0.536. The van der Waals surface area contributed by atoms with Gasteiger partial charge in [0, 0.05) is 26.5 Å². The van der Waals surface area contributed by atoms with E-state index in [9.17, 15) is 9.59 Å². The standard InChI is InChI=1S/C16H16N6O2/c1-10-5-4-6-21-7-11(18-13(10)21)8-22-9-17-14-12(22)15(23)20(3)16(24)19(14)2/h4-7,9H,8H2,1-3H3. The molecule has 0 amide bonds. The van der Waals surface area contributed by atoms with E-state index in [1.165, 1.54) is 11.6 Å². The zero-order valence-electron chi connectivity index (χ0n) is 13.6. The highest BCUT2D eigenvalue weighted by Crippen LogP contribution is 2.13. The van der Waals surface area contributed by atoms with Crippen LogP contribution in [0, 0.1) is 6.92 Å². The predicted molar refractivity (Wildman–Crippen MR) is 89.2 cm³/mol. The van der Waals surface area contributed by atoms with Crippen LogP contribution in [0.2, 0.25) is 0 Å². The molecule has 0 aliphatic rings. The highest BCUT2D eigenvalue weighted by molar-refractivity contribution is 5.70. The first-order valence-corrected chi connectivity index (χ1v) is 7.51. The molecule has 122 valence electrons. The summed E-state index contributed by atoms with van der Waals surface area (Å²) in [5, 5.41) is 0. The number of fused-ring (bicyclic) bond motifs is 2. The van der Waals surface area contributed by atoms with Crippen LogP contribution in [0.15, 0.2) is 40.4 Å². The average Bonchev–Trinajstić information content (AvgIpc) is 3.16. The fourth-order valence-corrected chi connectivity index (χ4v) is 2.97. The van der Waals surface area contributed by atoms with Crippen molar-refractivity contribution in [1.82, 2.24) is 28.1 Å². The molecule has 24 heavy (non-hydrogen) atoms. The maximum Gasteiger partial charge on any atom is 0.332 e. The molecule has 0 saturated heterocycles. The van der Waals surface area contributed by atoms with E-state index in [0.29, 0.717) is 17.7 Å². The van der Waals surface area contributed by atoms with Crippen LogP contribution in [0.3, 0.4) is 0 Å². The van der Waals surface area contributed by atoms with Gasteiger partial charge in [-0.15, -0.1) is 0 Å². The van der Waals surface area contributed by atoms with Crippen molar-refractivity contribution in [2.75, 3.05) is 0 Å². The molecular formula is C16H16N6O2. The second-order valence-electron chi connectivity index (χ2n) is 5.90. The third-order valence-electron chi connectivity index (χ3n) is 4.28. The Morgan fingerprint density at radius 3 is 2.67 bits per heavy atom. The Kier molecular flexibility index (Phi) is 2.96. The second-order valence-corrected chi connectivity index (χ2v) is 5.90. The van der Waals surface area contributed by atoms with Crippen molar-refractivity contribution >= 4 is 16.8 Å². The number of hydrogen-bond donors (Lipinski definition) is 0. The van der Waals surface area contributed by atoms with Gasteiger partial charge >= 0.3 is 5.69 Å². The van der Waals surface area contributed by atoms with Crippen LogP contribution in [0.5, 0.6) is 0 Å². The van der Waals surface area contributed by atoms with E-state index in [-0.39, 0.29) is 11.2 Å². The summed E-state index contributed by atoms with van der Waals surface area (Å²) in [6, 6.07) is 3.97. The Balaban J connectivity index is 1.89. The zero-order valence-corrected chi connectivity index (χ0v) is 13.6. The molecule has 0 aliphatic heterocycles. The molecule has 0 radical (unpaired) electrons. The van der Waals surface area contributed by atoms with E-state index in [4.69, 9.17) is 0 Å². The number of imidazole rings is 2. The number of hydrogen-bond acceptors (Lipinski definition) is 4. The van der Waals surface area contributed by atoms with Crippen LogP contribution in [0.25, 0.3) is 16.8 Å². The molecule has 0 bridgehead atoms. The van der Waals surface area contributed by atoms with Crippen LogP contribution in [0.4, 0.5) is 0 Å². The molecule has 4 aromatic rings. The molecule has 4 rings (SSSR count). The molecule has 4 aromatic heterocycles. The van der Waals surface area contributed by atoms with E-state index in [2.05, 4.69) is 9.97 Å². The number of aryl methyl sites for hydroxylation is 2. The Bertz CT molecular complexity index is 1210. The molecule has 8 heteroatoms. The first-order valence-electron chi connectivity index (χ1n) is 7.51. The van der Waals surface area contributed by atoms with Gasteiger partial charge in [-0.1, -0.05) is 6.07 Å². The minimum atomic E-state index is -0.388. The van der Waals surface area contributed by atoms with Crippen molar-refractivity contribution < 1.29 is 0 Å². The van der Waals surface area contributed by atoms with Gasteiger partial charge in [0.25, 0.3) is 5.56 Å². The van der Waals surface area contributed by atoms with Crippen molar-refractivity contribution in [2.24, 2.45) is 14.1 Å². The van der Waals surface area contributed by atoms with Crippen molar-refractivity contribution in [3.05, 3.63) is 62.9 Å². The van der Waals surface area contributed by atoms with Gasteiger partial charge in [0.1, 0.15) is 5.65 Å². The average molecular weight is 324 g/mol. The summed E-state index contributed by atoms with van der Waals surface area (Å²) < 4.78 is 6.15. The van der Waals surface area contributed by atoms with Crippen molar-refractivity contribution in [2.45, 2.75) is 13.5 Å². The van der Waals surface area contributed by atoms with E-state index < -0.39 is 0 Å². The van der Waals surface area contributed by atoms with E-state index in [1.807, 2.05) is 35.9 Å². The molecule has 0 spiro atoms. The number of pyridine rings is 1. The molecule has 0 saturated carbocycles. The van der Waals surface area contributed by atoms with Gasteiger partial charge in [-0.05, 0) is 18.6 Å². The minimum absolute atomic E-state index is 0.356. The lowest BCUT2D eigenvalue weighted by Gasteiger charge is -2.05. The highest BCUT2D eigenvalue weighted by Gasteiger charge is 2.15. The zero-order chi connectivity index (χ0) is 17.0. The molecule has 0 unspecified atom stereocenters. The molecular weight excluding hydrogens is 308 g/mol. The normalized spacial score (nSPS) is 11.6. The van der Waals surface area contributed by atoms with Gasteiger partial charge in [0.05, 0.1) is 18.6 Å². The third-order valence-corrected chi connectivity index (χ3v) is 4.28. The highest BCUT2D eigenvalue weighted by atomic mass is 16.2. The van der Waals surface area contributed by atoms with Gasteiger partial charge in [0.2, 0.25) is 0 Å². The van der Waals surface area contributed by atoms with Crippen LogP contribution >= 0.6 is 0 Å². The Labute approximate surface area is 136 Å². The number of rotatable bonds is 2. The monoisotopic (exact) mass is 324 g/mol. The Hall–Kier alpha value is -3.16. The van der Waals surface area contributed by atoms with Gasteiger partial charge in [-0.3, -0.25) is 13.9 Å². The van der Waals surface area contributed by atoms with Crippen LogP contribution in [-0.2, 0) is 20.6 Å². The van der Waals surface area contributed by atoms with Crippen molar-refractivity contribution in [1.29, 1.82) is 0 Å². The van der Waals surface area contributed by atoms with Crippen LogP contribution in [0.1, 0.15) is 11.3 Å². The van der Waals surface area contributed by atoms with Gasteiger partial charge < -0.3 is 8.97 Å². The molecule has 0 atom stereocenters. The summed E-state index contributed by atoms with van der Waals surface area (Å²) in [7, 11) is 3.07. The van der Waals surface area contributed by atoms with E-state index >= 15 is 0 Å². The van der Waals surface area contributed by atoms with Gasteiger partial charge in [0.15, 0.2) is 11.2 Å². The molecule has 4 heterocycles. The molecule has 0 N–H and O–H groups in total. The molecule has 0 aliphatic carbocycles. The topological polar surface area (TPSA) is 79.1 Å². The van der Waals surface area contributed by atoms with Crippen molar-refractivity contribution in [3.8, 4) is 0 Å². The first-order chi connectivity index (χ1) is 11.5. The lowest BCUT2D eigenvalue weighted by atomic mass is 10.3. The summed E-state index contributed by atoms with van der Waals surface area (Å²) >= 11 is 0. The third kappa shape index (κ3) is 1.92. The second kappa shape index (κ2) is 4.92. The van der Waals surface area contributed by atoms with Gasteiger partial charge in [-0.2, -0.15) is 0 Å². The largest absolute Gasteiger partial charge is 0.332 e. The van der Waals surface area contributed by atoms with E-state index in [0.717, 1.165) is 21.5 Å². The maximum atomic E-state index is 12.5. The van der Waals surface area contributed by atoms with Crippen LogP contribution < -0.4 is 11.2 Å². The molecule has 0 fully saturated rings. The van der Waals surface area contributed by atoms with E-state index in [1.54, 1.807) is 17.9 Å². The lowest BCUT2D eigenvalue weighted by Crippen LogP contribution is -2.37. The van der Waals surface area contributed by atoms with Gasteiger partial charge in [-0.25, -0.2) is 14.8 Å². The maximum absolute atomic E-state index is 12.5. The minimum Gasteiger partial charge on any atom is -0.319 e. The Morgan fingerprint density at radius 1 is 1.12 bits per heavy atom. The number of aromatic nitrogens is 6. The summed E-state index contributed by atoms with van der Waals surface area (Å²) in [5.74, 6) is 0. The molecule has 0 aromatic carbocycles. The summed E-state index contributed by atoms with van der Waals surface area (Å²) in [6.07, 6.45) is 5.44. The summed E-state index contributed by atoms with van der Waals surface area (Å²) in [5.41, 5.74) is 2.82. The first kappa shape index (κ1) is 14.4. The van der Waals surface area contributed by atoms with Crippen molar-refractivity contribution in [3.63, 3.8) is 0 Å². The lowest BCUT2D eigenvalue weighted by molar-refractivity contribution is 0.701. The molecule has 8 nitrogen and oxygen atoms in total. The van der Waals surface area contributed by atoms with Crippen LogP contribution in [-0.4, -0.2) is 28.1 Å².